The average molecular weight is 493 g/mol. The van der Waals surface area contributed by atoms with Crippen LogP contribution in [0, 0.1) is 5.82 Å². The molecule has 0 atom stereocenters. The van der Waals surface area contributed by atoms with E-state index in [9.17, 15) is 18.8 Å². The van der Waals surface area contributed by atoms with Crippen molar-refractivity contribution >= 4 is 29.6 Å². The van der Waals surface area contributed by atoms with Crippen molar-refractivity contribution in [2.24, 2.45) is 5.10 Å². The predicted octanol–water partition coefficient (Wildman–Crippen LogP) is 3.01. The molecular weight excluding hydrogens is 467 g/mol. The Bertz CT molecular complexity index is 1230. The Labute approximate surface area is 207 Å². The number of halogens is 1. The zero-order valence-corrected chi connectivity index (χ0v) is 19.5. The van der Waals surface area contributed by atoms with Crippen LogP contribution in [0.4, 0.5) is 10.1 Å². The molecule has 0 unspecified atom stereocenters. The van der Waals surface area contributed by atoms with Crippen LogP contribution in [-0.4, -0.2) is 37.1 Å². The second kappa shape index (κ2) is 13.2. The minimum atomic E-state index is -1.07. The van der Waals surface area contributed by atoms with Crippen molar-refractivity contribution in [2.45, 2.75) is 13.5 Å². The smallest absolute Gasteiger partial charge is 0.329 e. The molecule has 3 aromatic carbocycles. The number of amides is 3. The van der Waals surface area contributed by atoms with E-state index in [1.807, 2.05) is 30.3 Å². The van der Waals surface area contributed by atoms with E-state index in [4.69, 9.17) is 9.47 Å². The van der Waals surface area contributed by atoms with Crippen LogP contribution >= 0.6 is 0 Å². The molecule has 0 fully saturated rings. The number of carbonyl (C=O) groups is 3. The first-order valence-corrected chi connectivity index (χ1v) is 11.1. The van der Waals surface area contributed by atoms with Crippen molar-refractivity contribution in [3.63, 3.8) is 0 Å². The molecule has 186 valence electrons. The first-order valence-electron chi connectivity index (χ1n) is 11.1. The van der Waals surface area contributed by atoms with Gasteiger partial charge in [-0.1, -0.05) is 42.5 Å². The van der Waals surface area contributed by atoms with Gasteiger partial charge < -0.3 is 20.1 Å². The zero-order chi connectivity index (χ0) is 25.8. The third kappa shape index (κ3) is 7.94. The molecule has 0 spiro atoms. The second-order valence-corrected chi connectivity index (χ2v) is 7.32. The molecule has 0 saturated carbocycles. The summed E-state index contributed by atoms with van der Waals surface area (Å²) in [5, 5.41) is 8.69. The van der Waals surface area contributed by atoms with Gasteiger partial charge >= 0.3 is 11.8 Å². The van der Waals surface area contributed by atoms with Gasteiger partial charge in [0.15, 0.2) is 18.1 Å². The number of anilines is 1. The lowest BCUT2D eigenvalue weighted by molar-refractivity contribution is -0.136. The fraction of sp³-hybridized carbons (Fsp3) is 0.154. The number of ether oxygens (including phenoxy) is 2. The molecule has 36 heavy (non-hydrogen) atoms. The van der Waals surface area contributed by atoms with Crippen LogP contribution in [0.15, 0.2) is 77.9 Å². The lowest BCUT2D eigenvalue weighted by Crippen LogP contribution is -2.32. The molecule has 3 rings (SSSR count). The van der Waals surface area contributed by atoms with E-state index >= 15 is 0 Å². The lowest BCUT2D eigenvalue weighted by Gasteiger charge is -2.12. The molecule has 3 aromatic rings. The van der Waals surface area contributed by atoms with Crippen molar-refractivity contribution in [2.75, 3.05) is 18.5 Å². The molecule has 0 aliphatic carbocycles. The van der Waals surface area contributed by atoms with Gasteiger partial charge in [-0.25, -0.2) is 9.82 Å². The van der Waals surface area contributed by atoms with Crippen LogP contribution in [0.25, 0.3) is 0 Å². The van der Waals surface area contributed by atoms with E-state index < -0.39 is 17.6 Å². The van der Waals surface area contributed by atoms with Crippen LogP contribution in [0.2, 0.25) is 0 Å². The van der Waals surface area contributed by atoms with E-state index in [1.54, 1.807) is 25.1 Å². The largest absolute Gasteiger partial charge is 0.490 e. The number of hydrogen-bond acceptors (Lipinski definition) is 6. The van der Waals surface area contributed by atoms with E-state index in [0.29, 0.717) is 30.2 Å². The highest BCUT2D eigenvalue weighted by Gasteiger charge is 2.15. The Kier molecular flexibility index (Phi) is 9.51. The van der Waals surface area contributed by atoms with E-state index in [2.05, 4.69) is 21.2 Å². The van der Waals surface area contributed by atoms with Gasteiger partial charge in [-0.15, -0.1) is 0 Å². The summed E-state index contributed by atoms with van der Waals surface area (Å²) >= 11 is 0. The quantitative estimate of drug-likeness (QED) is 0.228. The van der Waals surface area contributed by atoms with Gasteiger partial charge in [0, 0.05) is 6.54 Å². The molecule has 9 nitrogen and oxygen atoms in total. The summed E-state index contributed by atoms with van der Waals surface area (Å²) in [5.41, 5.74) is 3.47. The molecular formula is C26H25FN4O5. The van der Waals surface area contributed by atoms with Crippen LogP contribution in [0.5, 0.6) is 11.5 Å². The molecule has 3 N–H and O–H groups in total. The Hall–Kier alpha value is -4.73. The highest BCUT2D eigenvalue weighted by Crippen LogP contribution is 2.28. The summed E-state index contributed by atoms with van der Waals surface area (Å²) in [6, 6.07) is 19.8. The molecule has 3 amide bonds. The molecule has 0 aromatic heterocycles. The minimum absolute atomic E-state index is 0.118. The van der Waals surface area contributed by atoms with Crippen LogP contribution in [0.3, 0.4) is 0 Å². The summed E-state index contributed by atoms with van der Waals surface area (Å²) in [6.45, 7) is 2.34. The number of nitrogens with one attached hydrogen (secondary N) is 3. The van der Waals surface area contributed by atoms with Crippen molar-refractivity contribution in [3.8, 4) is 11.5 Å². The van der Waals surface area contributed by atoms with Crippen molar-refractivity contribution in [3.05, 3.63) is 89.7 Å². The minimum Gasteiger partial charge on any atom is -0.490 e. The maximum Gasteiger partial charge on any atom is 0.329 e. The predicted molar refractivity (Wildman–Crippen MR) is 132 cm³/mol. The summed E-state index contributed by atoms with van der Waals surface area (Å²) in [6.07, 6.45) is 1.30. The molecule has 10 heteroatoms. The van der Waals surface area contributed by atoms with Gasteiger partial charge in [-0.3, -0.25) is 14.4 Å². The van der Waals surface area contributed by atoms with Crippen molar-refractivity contribution < 1.29 is 28.2 Å². The van der Waals surface area contributed by atoms with Gasteiger partial charge in [0.2, 0.25) is 0 Å². The first kappa shape index (κ1) is 25.9. The third-order valence-corrected chi connectivity index (χ3v) is 4.67. The van der Waals surface area contributed by atoms with Crippen LogP contribution in [0.1, 0.15) is 18.1 Å². The summed E-state index contributed by atoms with van der Waals surface area (Å²) < 4.78 is 24.8. The topological polar surface area (TPSA) is 118 Å². The Morgan fingerprint density at radius 3 is 2.42 bits per heavy atom. The molecule has 0 radical (unpaired) electrons. The highest BCUT2D eigenvalue weighted by molar-refractivity contribution is 6.39. The van der Waals surface area contributed by atoms with Crippen LogP contribution in [-0.2, 0) is 20.9 Å². The second-order valence-electron chi connectivity index (χ2n) is 7.32. The molecule has 0 bridgehead atoms. The standard InChI is InChI=1S/C26H25FN4O5/c1-2-35-23-14-19(16-29-31-26(34)25(33)30-21-11-7-6-10-20(21)27)12-13-22(23)36-17-24(32)28-15-18-8-4-3-5-9-18/h3-14,16H,2,15,17H2,1H3,(H,28,32)(H,30,33)(H,31,34)/b29-16-. The van der Waals surface area contributed by atoms with Gasteiger partial charge in [0.05, 0.1) is 18.5 Å². The fourth-order valence-electron chi connectivity index (χ4n) is 2.94. The summed E-state index contributed by atoms with van der Waals surface area (Å²) in [4.78, 5) is 36.0. The maximum absolute atomic E-state index is 13.6. The number of nitrogens with zero attached hydrogens (tertiary/aromatic N) is 1. The van der Waals surface area contributed by atoms with Crippen molar-refractivity contribution in [1.82, 2.24) is 10.7 Å². The molecule has 0 heterocycles. The van der Waals surface area contributed by atoms with Gasteiger partial charge in [0.1, 0.15) is 5.82 Å². The molecule has 0 saturated heterocycles. The Balaban J connectivity index is 1.53. The highest BCUT2D eigenvalue weighted by atomic mass is 19.1. The number of carbonyl (C=O) groups excluding carboxylic acids is 3. The zero-order valence-electron chi connectivity index (χ0n) is 19.5. The summed E-state index contributed by atoms with van der Waals surface area (Å²) in [5.74, 6) is -2.36. The summed E-state index contributed by atoms with van der Waals surface area (Å²) in [7, 11) is 0. The van der Waals surface area contributed by atoms with Crippen molar-refractivity contribution in [1.29, 1.82) is 0 Å². The Morgan fingerprint density at radius 1 is 0.917 bits per heavy atom. The van der Waals surface area contributed by atoms with E-state index in [-0.39, 0.29) is 18.2 Å². The number of benzene rings is 3. The SMILES string of the molecule is CCOc1cc(/C=N\NC(=O)C(=O)Nc2ccccc2F)ccc1OCC(=O)NCc1ccccc1. The first-order chi connectivity index (χ1) is 17.5. The Morgan fingerprint density at radius 2 is 1.67 bits per heavy atom. The monoisotopic (exact) mass is 492 g/mol. The number of para-hydroxylation sites is 1. The lowest BCUT2D eigenvalue weighted by atomic mass is 10.2. The van der Waals surface area contributed by atoms with Gasteiger partial charge in [-0.2, -0.15) is 5.10 Å². The fourth-order valence-corrected chi connectivity index (χ4v) is 2.94. The number of hydrazone groups is 1. The molecule has 0 aliphatic heterocycles. The van der Waals surface area contributed by atoms with E-state index in [0.717, 1.165) is 11.6 Å². The third-order valence-electron chi connectivity index (χ3n) is 4.67. The van der Waals surface area contributed by atoms with Gasteiger partial charge in [0.25, 0.3) is 5.91 Å². The normalized spacial score (nSPS) is 10.5. The van der Waals surface area contributed by atoms with E-state index in [1.165, 1.54) is 24.4 Å². The molecule has 0 aliphatic rings. The maximum atomic E-state index is 13.6. The average Bonchev–Trinajstić information content (AvgIpc) is 2.89. The number of hydrogen-bond donors (Lipinski definition) is 3. The number of rotatable bonds is 10. The van der Waals surface area contributed by atoms with Gasteiger partial charge in [-0.05, 0) is 48.4 Å². The van der Waals surface area contributed by atoms with Crippen LogP contribution < -0.4 is 25.5 Å².